The Balaban J connectivity index is 2.92. The molecule has 1 aromatic rings. The zero-order valence-electron chi connectivity index (χ0n) is 6.80. The third kappa shape index (κ3) is 3.10. The molecule has 0 N–H and O–H groups in total. The summed E-state index contributed by atoms with van der Waals surface area (Å²) in [5.74, 6) is 0.235. The molecule has 0 saturated carbocycles. The molecule has 0 aliphatic rings. The molecule has 0 radical (unpaired) electrons. The van der Waals surface area contributed by atoms with Gasteiger partial charge in [0, 0.05) is 10.6 Å². The van der Waals surface area contributed by atoms with Gasteiger partial charge in [0.05, 0.1) is 11.9 Å². The average Bonchev–Trinajstić information content (AvgIpc) is 2.17. The summed E-state index contributed by atoms with van der Waals surface area (Å²) >= 11 is 11.2. The molecule has 1 rings (SSSR count). The van der Waals surface area contributed by atoms with E-state index in [0.717, 1.165) is 5.56 Å². The van der Waals surface area contributed by atoms with Crippen molar-refractivity contribution in [1.29, 1.82) is 5.26 Å². The zero-order valence-corrected chi connectivity index (χ0v) is 8.31. The molecule has 1 aromatic carbocycles. The summed E-state index contributed by atoms with van der Waals surface area (Å²) < 4.78 is 0. The lowest BCUT2D eigenvalue weighted by Gasteiger charge is -1.94. The Morgan fingerprint density at radius 3 is 2.46 bits per heavy atom. The molecule has 0 aliphatic heterocycles. The topological polar surface area (TPSA) is 23.8 Å². The lowest BCUT2D eigenvalue weighted by atomic mass is 10.1. The van der Waals surface area contributed by atoms with Gasteiger partial charge in [-0.25, -0.2) is 0 Å². The van der Waals surface area contributed by atoms with Gasteiger partial charge in [-0.3, -0.25) is 0 Å². The van der Waals surface area contributed by atoms with E-state index < -0.39 is 0 Å². The van der Waals surface area contributed by atoms with E-state index in [4.69, 9.17) is 28.5 Å². The first-order valence-electron chi connectivity index (χ1n) is 3.68. The first-order chi connectivity index (χ1) is 6.26. The number of halogens is 2. The van der Waals surface area contributed by atoms with Crippen LogP contribution >= 0.6 is 23.2 Å². The Kier molecular flexibility index (Phi) is 3.82. The van der Waals surface area contributed by atoms with Crippen LogP contribution in [-0.2, 0) is 0 Å². The van der Waals surface area contributed by atoms with Crippen LogP contribution in [0.2, 0.25) is 5.02 Å². The monoisotopic (exact) mass is 211 g/mol. The van der Waals surface area contributed by atoms with Gasteiger partial charge in [0.15, 0.2) is 0 Å². The number of nitriles is 1. The van der Waals surface area contributed by atoms with Gasteiger partial charge in [0.1, 0.15) is 0 Å². The molecule has 0 bridgehead atoms. The molecular weight excluding hydrogens is 205 g/mol. The van der Waals surface area contributed by atoms with Crippen LogP contribution in [0, 0.1) is 11.3 Å². The van der Waals surface area contributed by atoms with E-state index in [-0.39, 0.29) is 5.88 Å². The zero-order chi connectivity index (χ0) is 9.68. The molecule has 0 aromatic heterocycles. The fourth-order valence-corrected chi connectivity index (χ4v) is 1.12. The van der Waals surface area contributed by atoms with E-state index >= 15 is 0 Å². The average molecular weight is 212 g/mol. The molecule has 0 atom stereocenters. The second kappa shape index (κ2) is 4.91. The van der Waals surface area contributed by atoms with E-state index in [2.05, 4.69) is 0 Å². The van der Waals surface area contributed by atoms with Crippen molar-refractivity contribution in [3.05, 3.63) is 40.4 Å². The molecule has 0 aliphatic carbocycles. The summed E-state index contributed by atoms with van der Waals surface area (Å²) in [5.41, 5.74) is 1.48. The first-order valence-corrected chi connectivity index (χ1v) is 4.59. The van der Waals surface area contributed by atoms with Gasteiger partial charge < -0.3 is 0 Å². The summed E-state index contributed by atoms with van der Waals surface area (Å²) in [6.45, 7) is 0. The van der Waals surface area contributed by atoms with Gasteiger partial charge >= 0.3 is 0 Å². The lowest BCUT2D eigenvalue weighted by Crippen LogP contribution is -1.80. The maximum absolute atomic E-state index is 8.61. The summed E-state index contributed by atoms with van der Waals surface area (Å²) in [6, 6.07) is 9.24. The van der Waals surface area contributed by atoms with Crippen molar-refractivity contribution in [3.8, 4) is 6.07 Å². The van der Waals surface area contributed by atoms with Crippen LogP contribution in [0.1, 0.15) is 5.56 Å². The molecule has 0 heterocycles. The smallest absolute Gasteiger partial charge is 0.0960 e. The quantitative estimate of drug-likeness (QED) is 0.543. The summed E-state index contributed by atoms with van der Waals surface area (Å²) in [6.07, 6.45) is 1.74. The minimum absolute atomic E-state index is 0.235. The van der Waals surface area contributed by atoms with Crippen LogP contribution in [0.5, 0.6) is 0 Å². The number of alkyl halides is 1. The third-order valence-electron chi connectivity index (χ3n) is 1.50. The summed E-state index contributed by atoms with van der Waals surface area (Å²) in [4.78, 5) is 0. The summed E-state index contributed by atoms with van der Waals surface area (Å²) in [5, 5.41) is 9.30. The lowest BCUT2D eigenvalue weighted by molar-refractivity contribution is 1.46. The Bertz CT molecular complexity index is 346. The maximum Gasteiger partial charge on any atom is 0.0960 e. The van der Waals surface area contributed by atoms with E-state index in [9.17, 15) is 0 Å². The fraction of sp³-hybridized carbons (Fsp3) is 0.100. The van der Waals surface area contributed by atoms with Crippen molar-refractivity contribution < 1.29 is 0 Å². The number of benzene rings is 1. The van der Waals surface area contributed by atoms with Crippen LogP contribution in [0.4, 0.5) is 0 Å². The van der Waals surface area contributed by atoms with Crippen LogP contribution in [-0.4, -0.2) is 5.88 Å². The Hall–Kier alpha value is -0.970. The molecule has 0 unspecified atom stereocenters. The number of rotatable bonds is 2. The predicted octanol–water partition coefficient (Wildman–Crippen LogP) is 3.49. The van der Waals surface area contributed by atoms with Crippen LogP contribution in [0.15, 0.2) is 29.8 Å². The molecule has 0 amide bonds. The molecule has 13 heavy (non-hydrogen) atoms. The number of allylic oxidation sites excluding steroid dienone is 1. The van der Waals surface area contributed by atoms with Crippen molar-refractivity contribution in [2.24, 2.45) is 0 Å². The van der Waals surface area contributed by atoms with Gasteiger partial charge in [-0.1, -0.05) is 23.7 Å². The van der Waals surface area contributed by atoms with Gasteiger partial charge in [-0.15, -0.1) is 11.6 Å². The van der Waals surface area contributed by atoms with Crippen LogP contribution in [0.25, 0.3) is 6.08 Å². The highest BCUT2D eigenvalue weighted by Gasteiger charge is 1.93. The van der Waals surface area contributed by atoms with E-state index in [1.54, 1.807) is 18.2 Å². The fourth-order valence-electron chi connectivity index (χ4n) is 0.861. The molecule has 0 fully saturated rings. The van der Waals surface area contributed by atoms with Crippen molar-refractivity contribution in [3.63, 3.8) is 0 Å². The Labute approximate surface area is 87.2 Å². The van der Waals surface area contributed by atoms with Crippen LogP contribution < -0.4 is 0 Å². The number of nitrogens with zero attached hydrogens (tertiary/aromatic N) is 1. The third-order valence-corrected chi connectivity index (χ3v) is 2.04. The molecule has 0 spiro atoms. The van der Waals surface area contributed by atoms with Crippen molar-refractivity contribution in [2.75, 3.05) is 5.88 Å². The van der Waals surface area contributed by atoms with E-state index in [1.807, 2.05) is 18.2 Å². The van der Waals surface area contributed by atoms with Crippen LogP contribution in [0.3, 0.4) is 0 Å². The van der Waals surface area contributed by atoms with Crippen molar-refractivity contribution in [2.45, 2.75) is 0 Å². The Morgan fingerprint density at radius 1 is 1.38 bits per heavy atom. The molecule has 1 nitrogen and oxygen atoms in total. The maximum atomic E-state index is 8.61. The van der Waals surface area contributed by atoms with Crippen molar-refractivity contribution >= 4 is 29.3 Å². The minimum atomic E-state index is 0.235. The highest BCUT2D eigenvalue weighted by Crippen LogP contribution is 2.12. The van der Waals surface area contributed by atoms with Gasteiger partial charge in [-0.2, -0.15) is 5.26 Å². The van der Waals surface area contributed by atoms with Gasteiger partial charge in [0.2, 0.25) is 0 Å². The van der Waals surface area contributed by atoms with E-state index in [1.165, 1.54) is 0 Å². The highest BCUT2D eigenvalue weighted by molar-refractivity contribution is 6.30. The minimum Gasteiger partial charge on any atom is -0.193 e. The Morgan fingerprint density at radius 2 is 2.00 bits per heavy atom. The second-order valence-corrected chi connectivity index (χ2v) is 3.17. The summed E-state index contributed by atoms with van der Waals surface area (Å²) in [7, 11) is 0. The highest BCUT2D eigenvalue weighted by atomic mass is 35.5. The largest absolute Gasteiger partial charge is 0.193 e. The standard InChI is InChI=1S/C10H7Cl2N/c11-6-9(7-13)5-8-1-3-10(12)4-2-8/h1-5H,6H2/b9-5+. The van der Waals surface area contributed by atoms with Crippen molar-refractivity contribution in [1.82, 2.24) is 0 Å². The SMILES string of the molecule is N#C/C(=C/c1ccc(Cl)cc1)CCl. The van der Waals surface area contributed by atoms with Gasteiger partial charge in [-0.05, 0) is 23.8 Å². The van der Waals surface area contributed by atoms with Gasteiger partial charge in [0.25, 0.3) is 0 Å². The molecule has 0 saturated heterocycles. The molecular formula is C10H7Cl2N. The number of hydrogen-bond acceptors (Lipinski definition) is 1. The number of hydrogen-bond donors (Lipinski definition) is 0. The predicted molar refractivity (Wildman–Crippen MR) is 55.8 cm³/mol. The first kappa shape index (κ1) is 10.1. The molecule has 3 heteroatoms. The molecule has 66 valence electrons. The van der Waals surface area contributed by atoms with E-state index in [0.29, 0.717) is 10.6 Å². The second-order valence-electron chi connectivity index (χ2n) is 2.47. The normalized spacial score (nSPS) is 11.0.